The van der Waals surface area contributed by atoms with E-state index in [1.807, 2.05) is 32.0 Å². The molecule has 0 atom stereocenters. The van der Waals surface area contributed by atoms with E-state index >= 15 is 8.78 Å². The lowest BCUT2D eigenvalue weighted by Gasteiger charge is -2.23. The molecule has 3 heterocycles. The van der Waals surface area contributed by atoms with E-state index in [1.165, 1.54) is 11.0 Å². The summed E-state index contributed by atoms with van der Waals surface area (Å²) >= 11 is 6.51. The molecular formula is C30H26ClF2N5O2. The Morgan fingerprint density at radius 3 is 2.58 bits per heavy atom. The summed E-state index contributed by atoms with van der Waals surface area (Å²) in [4.78, 5) is 32.0. The highest BCUT2D eigenvalue weighted by Crippen LogP contribution is 2.43. The zero-order valence-electron chi connectivity index (χ0n) is 21.9. The topological polar surface area (TPSA) is 80.1 Å². The fraction of sp³-hybridized carbons (Fsp3) is 0.200. The first-order chi connectivity index (χ1) is 19.1. The van der Waals surface area contributed by atoms with Gasteiger partial charge in [-0.15, -0.1) is 0 Å². The summed E-state index contributed by atoms with van der Waals surface area (Å²) in [5, 5.41) is 7.15. The SMILES string of the molecule is Cc1cccc(CNC(=O)/C=C2/c3ccccc3N(C(=O)c3ccc(-n4ccc(C)n4)cc3Cl)CCC2(F)F)n1. The van der Waals surface area contributed by atoms with Gasteiger partial charge in [-0.05, 0) is 56.3 Å². The van der Waals surface area contributed by atoms with Gasteiger partial charge in [0, 0.05) is 42.1 Å². The molecule has 1 aliphatic rings. The van der Waals surface area contributed by atoms with Crippen molar-refractivity contribution < 1.29 is 18.4 Å². The highest BCUT2D eigenvalue weighted by Gasteiger charge is 2.41. The van der Waals surface area contributed by atoms with E-state index in [1.54, 1.807) is 53.3 Å². The number of aromatic nitrogens is 3. The quantitative estimate of drug-likeness (QED) is 0.307. The molecule has 0 unspecified atom stereocenters. The number of fused-ring (bicyclic) bond motifs is 1. The van der Waals surface area contributed by atoms with Crippen molar-refractivity contribution in [3.63, 3.8) is 0 Å². The number of carbonyl (C=O) groups excluding carboxylic acids is 2. The Morgan fingerprint density at radius 2 is 1.85 bits per heavy atom. The number of nitrogens with zero attached hydrogens (tertiary/aromatic N) is 4. The first-order valence-electron chi connectivity index (χ1n) is 12.7. The van der Waals surface area contributed by atoms with Gasteiger partial charge in [0.1, 0.15) is 0 Å². The van der Waals surface area contributed by atoms with Crippen LogP contribution in [0.4, 0.5) is 14.5 Å². The molecule has 204 valence electrons. The number of rotatable bonds is 5. The number of nitrogens with one attached hydrogen (secondary N) is 1. The predicted octanol–water partition coefficient (Wildman–Crippen LogP) is 5.92. The van der Waals surface area contributed by atoms with Crippen LogP contribution in [0.2, 0.25) is 5.02 Å². The molecule has 1 aliphatic heterocycles. The minimum Gasteiger partial charge on any atom is -0.347 e. The number of amides is 2. The van der Waals surface area contributed by atoms with Crippen LogP contribution in [-0.2, 0) is 11.3 Å². The Kier molecular flexibility index (Phi) is 7.49. The number of hydrogen-bond donors (Lipinski definition) is 1. The Balaban J connectivity index is 1.45. The average molecular weight is 562 g/mol. The molecule has 0 aliphatic carbocycles. The number of benzene rings is 2. The molecule has 0 radical (unpaired) electrons. The first kappa shape index (κ1) is 27.2. The van der Waals surface area contributed by atoms with E-state index in [0.717, 1.165) is 17.5 Å². The van der Waals surface area contributed by atoms with Crippen molar-refractivity contribution in [1.82, 2.24) is 20.1 Å². The molecule has 2 aromatic carbocycles. The summed E-state index contributed by atoms with van der Waals surface area (Å²) in [6.45, 7) is 3.50. The average Bonchev–Trinajstić information content (AvgIpc) is 3.32. The molecule has 0 spiro atoms. The normalized spacial score (nSPS) is 15.4. The van der Waals surface area contributed by atoms with Crippen molar-refractivity contribution in [2.24, 2.45) is 0 Å². The molecule has 4 aromatic rings. The third-order valence-corrected chi connectivity index (χ3v) is 6.92. The number of allylic oxidation sites excluding steroid dienone is 1. The van der Waals surface area contributed by atoms with Gasteiger partial charge in [-0.25, -0.2) is 13.5 Å². The maximum absolute atomic E-state index is 15.5. The van der Waals surface area contributed by atoms with Crippen LogP contribution in [-0.4, -0.2) is 39.0 Å². The fourth-order valence-corrected chi connectivity index (χ4v) is 4.87. The van der Waals surface area contributed by atoms with Crippen LogP contribution in [0.3, 0.4) is 0 Å². The van der Waals surface area contributed by atoms with Gasteiger partial charge in [-0.1, -0.05) is 35.9 Å². The molecule has 7 nitrogen and oxygen atoms in total. The maximum Gasteiger partial charge on any atom is 0.275 e. The molecule has 2 amide bonds. The van der Waals surface area contributed by atoms with Gasteiger partial charge in [0.05, 0.1) is 39.9 Å². The minimum atomic E-state index is -3.37. The lowest BCUT2D eigenvalue weighted by molar-refractivity contribution is -0.116. The van der Waals surface area contributed by atoms with Gasteiger partial charge in [0.2, 0.25) is 5.91 Å². The first-order valence-corrected chi connectivity index (χ1v) is 13.0. The molecule has 0 fully saturated rings. The summed E-state index contributed by atoms with van der Waals surface area (Å²) in [5.41, 5.74) is 2.96. The van der Waals surface area contributed by atoms with Crippen LogP contribution in [0.1, 0.15) is 39.4 Å². The predicted molar refractivity (Wildman–Crippen MR) is 150 cm³/mol. The number of hydrogen-bond acceptors (Lipinski definition) is 4. The molecular weight excluding hydrogens is 536 g/mol. The van der Waals surface area contributed by atoms with Crippen molar-refractivity contribution in [1.29, 1.82) is 0 Å². The monoisotopic (exact) mass is 561 g/mol. The number of halogens is 3. The third-order valence-electron chi connectivity index (χ3n) is 6.61. The van der Waals surface area contributed by atoms with Crippen molar-refractivity contribution in [3.8, 4) is 5.69 Å². The van der Waals surface area contributed by atoms with Gasteiger partial charge in [-0.3, -0.25) is 14.6 Å². The largest absolute Gasteiger partial charge is 0.347 e. The summed E-state index contributed by atoms with van der Waals surface area (Å²) in [5.74, 6) is -4.57. The van der Waals surface area contributed by atoms with Crippen molar-refractivity contribution >= 4 is 34.7 Å². The number of carbonyl (C=O) groups is 2. The zero-order valence-corrected chi connectivity index (χ0v) is 22.6. The molecule has 1 N–H and O–H groups in total. The van der Waals surface area contributed by atoms with Gasteiger partial charge in [-0.2, -0.15) is 5.10 Å². The molecule has 5 rings (SSSR count). The molecule has 0 bridgehead atoms. The summed E-state index contributed by atoms with van der Waals surface area (Å²) in [6.07, 6.45) is 2.02. The Labute approximate surface area is 235 Å². The number of anilines is 1. The van der Waals surface area contributed by atoms with E-state index in [2.05, 4.69) is 15.4 Å². The molecule has 0 saturated carbocycles. The maximum atomic E-state index is 15.5. The number of para-hydroxylation sites is 1. The Bertz CT molecular complexity index is 1630. The minimum absolute atomic E-state index is 0.0920. The van der Waals surface area contributed by atoms with Crippen LogP contribution < -0.4 is 10.2 Å². The third kappa shape index (κ3) is 5.65. The van der Waals surface area contributed by atoms with Gasteiger partial charge in [0.25, 0.3) is 11.8 Å². The Morgan fingerprint density at radius 1 is 1.05 bits per heavy atom. The molecule has 2 aromatic heterocycles. The number of aryl methyl sites for hydroxylation is 2. The highest BCUT2D eigenvalue weighted by atomic mass is 35.5. The van der Waals surface area contributed by atoms with Gasteiger partial charge in [0.15, 0.2) is 0 Å². The second-order valence-electron chi connectivity index (χ2n) is 9.54. The summed E-state index contributed by atoms with van der Waals surface area (Å²) in [7, 11) is 0. The Hall–Kier alpha value is -4.37. The highest BCUT2D eigenvalue weighted by molar-refractivity contribution is 6.34. The van der Waals surface area contributed by atoms with Crippen LogP contribution in [0.5, 0.6) is 0 Å². The summed E-state index contributed by atoms with van der Waals surface area (Å²) in [6, 6.07) is 18.4. The molecule has 10 heteroatoms. The van der Waals surface area contributed by atoms with Crippen LogP contribution in [0, 0.1) is 13.8 Å². The van der Waals surface area contributed by atoms with Crippen LogP contribution >= 0.6 is 11.6 Å². The van der Waals surface area contributed by atoms with Gasteiger partial charge < -0.3 is 10.2 Å². The fourth-order valence-electron chi connectivity index (χ4n) is 4.62. The van der Waals surface area contributed by atoms with E-state index in [9.17, 15) is 9.59 Å². The second-order valence-corrected chi connectivity index (χ2v) is 9.95. The lowest BCUT2D eigenvalue weighted by atomic mass is 9.97. The van der Waals surface area contributed by atoms with E-state index in [-0.39, 0.29) is 34.9 Å². The van der Waals surface area contributed by atoms with Gasteiger partial charge >= 0.3 is 0 Å². The smallest absolute Gasteiger partial charge is 0.275 e. The van der Waals surface area contributed by atoms with E-state index in [4.69, 9.17) is 11.6 Å². The van der Waals surface area contributed by atoms with Crippen LogP contribution in [0.25, 0.3) is 11.3 Å². The molecule has 40 heavy (non-hydrogen) atoms. The zero-order chi connectivity index (χ0) is 28.4. The molecule has 0 saturated heterocycles. The standard InChI is InChI=1S/C30H26ClF2N5O2/c1-19-6-5-7-21(35-19)18-34-28(39)17-25-23-8-3-4-9-27(23)37(15-13-30(25,32)33)29(40)24-11-10-22(16-26(24)31)38-14-12-20(2)36-38/h3-12,14,16-17H,13,15,18H2,1-2H3,(H,34,39)/b25-17-. The number of pyridine rings is 1. The number of alkyl halides is 2. The summed E-state index contributed by atoms with van der Waals surface area (Å²) < 4.78 is 32.7. The second kappa shape index (κ2) is 11.0. The van der Waals surface area contributed by atoms with E-state index in [0.29, 0.717) is 11.4 Å². The van der Waals surface area contributed by atoms with Crippen LogP contribution in [0.15, 0.2) is 79.0 Å². The van der Waals surface area contributed by atoms with Crippen molar-refractivity contribution in [2.75, 3.05) is 11.4 Å². The van der Waals surface area contributed by atoms with Crippen molar-refractivity contribution in [2.45, 2.75) is 32.7 Å². The van der Waals surface area contributed by atoms with E-state index < -0.39 is 29.7 Å². The lowest BCUT2D eigenvalue weighted by Crippen LogP contribution is -2.33. The van der Waals surface area contributed by atoms with Crippen molar-refractivity contribution in [3.05, 3.63) is 112 Å².